The van der Waals surface area contributed by atoms with Crippen molar-refractivity contribution < 1.29 is 18.8 Å². The van der Waals surface area contributed by atoms with Gasteiger partial charge >= 0.3 is 0 Å². The maximum atomic E-state index is 13.0. The summed E-state index contributed by atoms with van der Waals surface area (Å²) in [4.78, 5) is 48.7. The summed E-state index contributed by atoms with van der Waals surface area (Å²) in [6.07, 6.45) is 4.02. The number of furan rings is 1. The second kappa shape index (κ2) is 12.2. The number of pyridine rings is 1. The Kier molecular flexibility index (Phi) is 8.33. The van der Waals surface area contributed by atoms with E-state index in [2.05, 4.69) is 38.4 Å². The fourth-order valence-electron chi connectivity index (χ4n) is 5.28. The van der Waals surface area contributed by atoms with Crippen LogP contribution in [-0.4, -0.2) is 73.4 Å². The Balaban J connectivity index is 1.28. The van der Waals surface area contributed by atoms with Crippen molar-refractivity contribution in [1.29, 1.82) is 0 Å². The summed E-state index contributed by atoms with van der Waals surface area (Å²) in [5.74, 6) is 1.44. The highest BCUT2D eigenvalue weighted by Gasteiger charge is 2.24. The van der Waals surface area contributed by atoms with Gasteiger partial charge in [0, 0.05) is 64.0 Å². The zero-order valence-electron chi connectivity index (χ0n) is 23.1. The summed E-state index contributed by atoms with van der Waals surface area (Å²) in [6.45, 7) is 8.79. The Morgan fingerprint density at radius 2 is 1.77 bits per heavy atom. The molecule has 0 bridgehead atoms. The summed E-state index contributed by atoms with van der Waals surface area (Å²) < 4.78 is 5.52. The lowest BCUT2D eigenvalue weighted by Gasteiger charge is -2.38. The molecule has 3 amide bonds. The number of aromatic nitrogens is 1. The first kappa shape index (κ1) is 27.2. The van der Waals surface area contributed by atoms with Crippen LogP contribution in [0.2, 0.25) is 0 Å². The van der Waals surface area contributed by atoms with Gasteiger partial charge in [-0.1, -0.05) is 6.07 Å². The minimum atomic E-state index is -0.370. The molecule has 4 heterocycles. The monoisotopic (exact) mass is 544 g/mol. The summed E-state index contributed by atoms with van der Waals surface area (Å²) >= 11 is 0. The number of hydrogen-bond donors (Lipinski definition) is 2. The van der Waals surface area contributed by atoms with Crippen molar-refractivity contribution in [3.63, 3.8) is 0 Å². The number of carbonyl (C=O) groups is 3. The van der Waals surface area contributed by atoms with Gasteiger partial charge in [0.25, 0.3) is 11.8 Å². The van der Waals surface area contributed by atoms with Crippen molar-refractivity contribution in [3.05, 3.63) is 71.3 Å². The molecule has 0 saturated carbocycles. The maximum Gasteiger partial charge on any atom is 0.291 e. The first-order valence-corrected chi connectivity index (χ1v) is 13.9. The lowest BCUT2D eigenvalue weighted by Crippen LogP contribution is -2.47. The summed E-state index contributed by atoms with van der Waals surface area (Å²) in [5, 5.41) is 5.92. The SMILES string of the molecule is Cc1ccc(C(=O)Nc2cc(C(=O)NCCCN3CCCC3=O)ccc2N2CCN(c3ncccc3C)CC2)o1. The number of likely N-dealkylation sites (tertiary alicyclic amines) is 1. The van der Waals surface area contributed by atoms with E-state index in [1.165, 1.54) is 0 Å². The number of nitrogens with one attached hydrogen (secondary N) is 2. The predicted octanol–water partition coefficient (Wildman–Crippen LogP) is 3.61. The molecule has 2 N–H and O–H groups in total. The zero-order chi connectivity index (χ0) is 28.1. The number of benzene rings is 1. The topological polar surface area (TPSA) is 111 Å². The average molecular weight is 545 g/mol. The van der Waals surface area contributed by atoms with E-state index in [0.717, 1.165) is 56.2 Å². The maximum absolute atomic E-state index is 13.0. The van der Waals surface area contributed by atoms with Gasteiger partial charge < -0.3 is 29.8 Å². The first-order valence-electron chi connectivity index (χ1n) is 13.9. The van der Waals surface area contributed by atoms with Crippen molar-refractivity contribution in [3.8, 4) is 0 Å². The fraction of sp³-hybridized carbons (Fsp3) is 0.400. The number of rotatable bonds is 9. The molecule has 210 valence electrons. The number of nitrogens with zero attached hydrogens (tertiary/aromatic N) is 4. The van der Waals surface area contributed by atoms with E-state index in [9.17, 15) is 14.4 Å². The normalized spacial score (nSPS) is 15.4. The molecule has 10 nitrogen and oxygen atoms in total. The molecule has 0 unspecified atom stereocenters. The summed E-state index contributed by atoms with van der Waals surface area (Å²) in [5.41, 5.74) is 2.99. The Bertz CT molecular complexity index is 1380. The Morgan fingerprint density at radius 3 is 2.48 bits per heavy atom. The van der Waals surface area contributed by atoms with Crippen LogP contribution >= 0.6 is 0 Å². The number of hydrogen-bond acceptors (Lipinski definition) is 7. The van der Waals surface area contributed by atoms with Gasteiger partial charge in [-0.3, -0.25) is 14.4 Å². The van der Waals surface area contributed by atoms with Crippen LogP contribution < -0.4 is 20.4 Å². The third kappa shape index (κ3) is 6.27. The molecule has 2 aromatic heterocycles. The highest BCUT2D eigenvalue weighted by atomic mass is 16.3. The van der Waals surface area contributed by atoms with Gasteiger partial charge in [0.1, 0.15) is 11.6 Å². The smallest absolute Gasteiger partial charge is 0.291 e. The van der Waals surface area contributed by atoms with E-state index >= 15 is 0 Å². The third-order valence-electron chi connectivity index (χ3n) is 7.43. The fourth-order valence-corrected chi connectivity index (χ4v) is 5.28. The van der Waals surface area contributed by atoms with E-state index in [1.54, 1.807) is 31.2 Å². The van der Waals surface area contributed by atoms with Gasteiger partial charge in [-0.05, 0) is 68.7 Å². The molecule has 2 saturated heterocycles. The number of anilines is 3. The van der Waals surface area contributed by atoms with Gasteiger partial charge in [0.2, 0.25) is 5.91 Å². The number of piperazine rings is 1. The van der Waals surface area contributed by atoms with Crippen molar-refractivity contribution in [2.45, 2.75) is 33.1 Å². The van der Waals surface area contributed by atoms with E-state index in [1.807, 2.05) is 23.2 Å². The van der Waals surface area contributed by atoms with Crippen LogP contribution in [0.3, 0.4) is 0 Å². The number of aryl methyl sites for hydroxylation is 2. The van der Waals surface area contributed by atoms with Crippen LogP contribution in [0.4, 0.5) is 17.2 Å². The van der Waals surface area contributed by atoms with Crippen LogP contribution in [0, 0.1) is 13.8 Å². The Hall–Kier alpha value is -4.34. The predicted molar refractivity (Wildman–Crippen MR) is 154 cm³/mol. The number of amides is 3. The van der Waals surface area contributed by atoms with E-state index in [0.29, 0.717) is 42.9 Å². The van der Waals surface area contributed by atoms with Crippen LogP contribution in [-0.2, 0) is 4.79 Å². The van der Waals surface area contributed by atoms with E-state index < -0.39 is 0 Å². The molecule has 2 aliphatic rings. The molecule has 0 radical (unpaired) electrons. The van der Waals surface area contributed by atoms with Gasteiger partial charge in [-0.15, -0.1) is 0 Å². The molecule has 2 fully saturated rings. The second-order valence-electron chi connectivity index (χ2n) is 10.3. The van der Waals surface area contributed by atoms with Crippen LogP contribution in [0.1, 0.15) is 51.5 Å². The minimum Gasteiger partial charge on any atom is -0.456 e. The largest absolute Gasteiger partial charge is 0.456 e. The highest BCUT2D eigenvalue weighted by molar-refractivity contribution is 6.05. The van der Waals surface area contributed by atoms with Crippen molar-refractivity contribution in [2.24, 2.45) is 0 Å². The van der Waals surface area contributed by atoms with Gasteiger partial charge in [0.15, 0.2) is 5.76 Å². The quantitative estimate of drug-likeness (QED) is 0.396. The van der Waals surface area contributed by atoms with E-state index in [4.69, 9.17) is 4.42 Å². The van der Waals surface area contributed by atoms with Crippen LogP contribution in [0.25, 0.3) is 0 Å². The Labute approximate surface area is 234 Å². The second-order valence-corrected chi connectivity index (χ2v) is 10.3. The van der Waals surface area contributed by atoms with Crippen molar-refractivity contribution >= 4 is 34.9 Å². The summed E-state index contributed by atoms with van der Waals surface area (Å²) in [6, 6.07) is 12.8. The molecule has 40 heavy (non-hydrogen) atoms. The molecular formula is C30H36N6O4. The lowest BCUT2D eigenvalue weighted by atomic mass is 10.1. The standard InChI is InChI=1S/C30H36N6O4/c1-21-6-3-12-31-28(21)36-18-16-34(17-19-36)25-10-9-23(20-24(25)33-30(39)26-11-8-22(2)40-26)29(38)32-13-5-15-35-14-4-7-27(35)37/h3,6,8-12,20H,4-5,7,13-19H2,1-2H3,(H,32,38)(H,33,39). The molecule has 0 aliphatic carbocycles. The molecule has 3 aromatic rings. The van der Waals surface area contributed by atoms with Crippen LogP contribution in [0.15, 0.2) is 53.1 Å². The third-order valence-corrected chi connectivity index (χ3v) is 7.43. The van der Waals surface area contributed by atoms with Crippen LogP contribution in [0.5, 0.6) is 0 Å². The number of carbonyl (C=O) groups excluding carboxylic acids is 3. The first-order chi connectivity index (χ1) is 19.4. The Morgan fingerprint density at radius 1 is 0.975 bits per heavy atom. The molecular weight excluding hydrogens is 508 g/mol. The molecule has 0 spiro atoms. The molecule has 2 aliphatic heterocycles. The lowest BCUT2D eigenvalue weighted by molar-refractivity contribution is -0.127. The highest BCUT2D eigenvalue weighted by Crippen LogP contribution is 2.30. The summed E-state index contributed by atoms with van der Waals surface area (Å²) in [7, 11) is 0. The molecule has 5 rings (SSSR count). The van der Waals surface area contributed by atoms with Gasteiger partial charge in [-0.25, -0.2) is 4.98 Å². The van der Waals surface area contributed by atoms with Crippen molar-refractivity contribution in [2.75, 3.05) is 60.9 Å². The van der Waals surface area contributed by atoms with Gasteiger partial charge in [0.05, 0.1) is 11.4 Å². The van der Waals surface area contributed by atoms with Crippen molar-refractivity contribution in [1.82, 2.24) is 15.2 Å². The van der Waals surface area contributed by atoms with Gasteiger partial charge in [-0.2, -0.15) is 0 Å². The average Bonchev–Trinajstić information content (AvgIpc) is 3.59. The van der Waals surface area contributed by atoms with E-state index in [-0.39, 0.29) is 23.5 Å². The minimum absolute atomic E-state index is 0.185. The zero-order valence-corrected chi connectivity index (χ0v) is 23.1. The molecule has 0 atom stereocenters. The molecule has 10 heteroatoms. The molecule has 1 aromatic carbocycles.